The third-order valence-corrected chi connectivity index (χ3v) is 2.13. The fraction of sp³-hybridized carbons (Fsp3) is 0. The van der Waals surface area contributed by atoms with Gasteiger partial charge in [-0.15, -0.1) is 0 Å². The molecule has 44 valence electrons. The highest BCUT2D eigenvalue weighted by molar-refractivity contribution is 14.2. The highest BCUT2D eigenvalue weighted by atomic mass is 127. The first-order chi connectivity index (χ1) is 3.79. The Bertz CT molecular complexity index is 182. The molecule has 1 rings (SSSR count). The first kappa shape index (κ1) is 6.22. The van der Waals surface area contributed by atoms with Gasteiger partial charge in [-0.1, -0.05) is 11.6 Å². The molecule has 0 saturated carbocycles. The van der Waals surface area contributed by atoms with Crippen molar-refractivity contribution in [1.29, 1.82) is 0 Å². The summed E-state index contributed by atoms with van der Waals surface area (Å²) in [5.41, 5.74) is 0. The summed E-state index contributed by atoms with van der Waals surface area (Å²) >= 11 is 4.97. The second-order valence-electron chi connectivity index (χ2n) is 1.16. The molecule has 0 aromatic rings. The quantitative estimate of drug-likeness (QED) is 0.652. The lowest BCUT2D eigenvalue weighted by molar-refractivity contribution is 0.465. The van der Waals surface area contributed by atoms with E-state index in [9.17, 15) is 0 Å². The van der Waals surface area contributed by atoms with Crippen LogP contribution in [0.15, 0.2) is 24.2 Å². The van der Waals surface area contributed by atoms with Crippen LogP contribution in [0.2, 0.25) is 0 Å². The molecule has 0 radical (unpaired) electrons. The zero-order valence-electron chi connectivity index (χ0n) is 3.81. The van der Waals surface area contributed by atoms with Gasteiger partial charge in [0.05, 0.1) is 32.3 Å². The Hall–Kier alpha value is 0.1000. The molecular weight excluding hydrogens is 240 g/mol. The van der Waals surface area contributed by atoms with Crippen molar-refractivity contribution in [2.45, 2.75) is 0 Å². The van der Waals surface area contributed by atoms with Crippen LogP contribution < -0.4 is 0 Å². The summed E-state index contributed by atoms with van der Waals surface area (Å²) in [5, 5.41) is 9.28. The Morgan fingerprint density at radius 2 is 2.50 bits per heavy atom. The van der Waals surface area contributed by atoms with Crippen molar-refractivity contribution < 1.29 is 5.11 Å². The number of aliphatic hydroxyl groups excluding tert-OH is 1. The van der Waals surface area contributed by atoms with Crippen LogP contribution in [0.1, 0.15) is 0 Å². The van der Waals surface area contributed by atoms with Crippen LogP contribution in [0.3, 0.4) is 0 Å². The molecule has 0 amide bonds. The Labute approximate surface area is 62.0 Å². The summed E-state index contributed by atoms with van der Waals surface area (Å²) < 4.78 is 4.17. The van der Waals surface area contributed by atoms with Crippen molar-refractivity contribution in [2.24, 2.45) is 3.15 Å². The second kappa shape index (κ2) is 2.59. The van der Waals surface area contributed by atoms with E-state index in [2.05, 4.69) is 3.15 Å². The zero-order chi connectivity index (χ0) is 5.98. The fourth-order valence-electron chi connectivity index (χ4n) is 0.296. The maximum atomic E-state index is 8.77. The standard InChI is InChI=1S/C4H3ClINO/c5-3-1-4(8)6-7-2-3/h1-2,8H. The van der Waals surface area contributed by atoms with Crippen LogP contribution in [-0.4, -0.2) is 5.11 Å². The maximum Gasteiger partial charge on any atom is 0.167 e. The van der Waals surface area contributed by atoms with Gasteiger partial charge < -0.3 is 5.11 Å². The van der Waals surface area contributed by atoms with E-state index < -0.39 is 21.0 Å². The van der Waals surface area contributed by atoms with Crippen molar-refractivity contribution in [1.82, 2.24) is 0 Å². The summed E-state index contributed by atoms with van der Waals surface area (Å²) in [6.45, 7) is 0. The SMILES string of the molecule is OC1=CC(Cl)=CN=I1. The molecule has 0 spiro atoms. The summed E-state index contributed by atoms with van der Waals surface area (Å²) in [5.74, 6) is 0. The minimum Gasteiger partial charge on any atom is -0.502 e. The van der Waals surface area contributed by atoms with Crippen LogP contribution >= 0.6 is 32.6 Å². The average Bonchev–Trinajstić information content (AvgIpc) is 1.64. The Morgan fingerprint density at radius 1 is 1.75 bits per heavy atom. The van der Waals surface area contributed by atoms with Gasteiger partial charge in [-0.25, -0.2) is 3.15 Å². The Morgan fingerprint density at radius 3 is 2.88 bits per heavy atom. The lowest BCUT2D eigenvalue weighted by Gasteiger charge is -1.92. The van der Waals surface area contributed by atoms with Crippen molar-refractivity contribution in [3.05, 3.63) is 21.1 Å². The molecule has 1 heterocycles. The third kappa shape index (κ3) is 1.56. The lowest BCUT2D eigenvalue weighted by Crippen LogP contribution is -1.70. The van der Waals surface area contributed by atoms with E-state index >= 15 is 0 Å². The number of hydrogen-bond donors (Lipinski definition) is 1. The number of nitrogens with zero attached hydrogens (tertiary/aromatic N) is 1. The summed E-state index contributed by atoms with van der Waals surface area (Å²) in [6.07, 6.45) is 3.09. The molecule has 2 nitrogen and oxygen atoms in total. The van der Waals surface area contributed by atoms with Crippen LogP contribution in [0.25, 0.3) is 0 Å². The van der Waals surface area contributed by atoms with Gasteiger partial charge in [-0.2, -0.15) is 0 Å². The fourth-order valence-corrected chi connectivity index (χ4v) is 2.00. The molecular formula is C4H3ClINO. The van der Waals surface area contributed by atoms with Crippen molar-refractivity contribution in [3.8, 4) is 0 Å². The third-order valence-electron chi connectivity index (χ3n) is 0.565. The highest BCUT2D eigenvalue weighted by Crippen LogP contribution is 2.22. The number of allylic oxidation sites excluding steroid dienone is 2. The van der Waals surface area contributed by atoms with E-state index in [4.69, 9.17) is 16.7 Å². The molecule has 0 aromatic heterocycles. The van der Waals surface area contributed by atoms with Gasteiger partial charge >= 0.3 is 0 Å². The zero-order valence-corrected chi connectivity index (χ0v) is 6.72. The Kier molecular flexibility index (Phi) is 2.01. The smallest absolute Gasteiger partial charge is 0.167 e. The molecule has 0 unspecified atom stereocenters. The highest BCUT2D eigenvalue weighted by Gasteiger charge is 1.94. The van der Waals surface area contributed by atoms with Crippen LogP contribution in [0, 0.1) is 0 Å². The van der Waals surface area contributed by atoms with E-state index in [1.54, 1.807) is 6.20 Å². The van der Waals surface area contributed by atoms with Gasteiger partial charge in [0.15, 0.2) is 3.77 Å². The van der Waals surface area contributed by atoms with E-state index in [-0.39, 0.29) is 0 Å². The molecule has 1 N–H and O–H groups in total. The molecule has 4 heteroatoms. The minimum atomic E-state index is -0.494. The Balaban J connectivity index is 2.89. The number of aliphatic hydroxyl groups is 1. The molecule has 1 aliphatic heterocycles. The van der Waals surface area contributed by atoms with Crippen LogP contribution in [0.5, 0.6) is 0 Å². The largest absolute Gasteiger partial charge is 0.502 e. The molecule has 0 aromatic carbocycles. The van der Waals surface area contributed by atoms with Gasteiger partial charge in [0, 0.05) is 6.08 Å². The van der Waals surface area contributed by atoms with E-state index in [0.29, 0.717) is 8.80 Å². The molecule has 0 saturated heterocycles. The predicted molar refractivity (Wildman–Crippen MR) is 41.1 cm³/mol. The number of rotatable bonds is 0. The van der Waals surface area contributed by atoms with Crippen molar-refractivity contribution >= 4 is 32.6 Å². The van der Waals surface area contributed by atoms with Crippen molar-refractivity contribution in [2.75, 3.05) is 0 Å². The lowest BCUT2D eigenvalue weighted by atomic mass is 10.6. The van der Waals surface area contributed by atoms with E-state index in [1.807, 2.05) is 0 Å². The minimum absolute atomic E-state index is 0.330. The molecule has 8 heavy (non-hydrogen) atoms. The second-order valence-corrected chi connectivity index (χ2v) is 3.74. The molecule has 0 aliphatic carbocycles. The molecule has 0 atom stereocenters. The predicted octanol–water partition coefficient (Wildman–Crippen LogP) is 2.63. The van der Waals surface area contributed by atoms with Gasteiger partial charge in [0.25, 0.3) is 0 Å². The summed E-state index contributed by atoms with van der Waals surface area (Å²) in [4.78, 5) is 0. The normalized spacial score (nSPS) is 18.6. The van der Waals surface area contributed by atoms with Gasteiger partial charge in [0.1, 0.15) is 0 Å². The van der Waals surface area contributed by atoms with Crippen LogP contribution in [0.4, 0.5) is 0 Å². The summed E-state index contributed by atoms with van der Waals surface area (Å²) in [6, 6.07) is 0. The first-order valence-corrected chi connectivity index (χ1v) is 4.32. The van der Waals surface area contributed by atoms with E-state index in [0.717, 1.165) is 0 Å². The topological polar surface area (TPSA) is 32.6 Å². The van der Waals surface area contributed by atoms with Crippen molar-refractivity contribution in [3.63, 3.8) is 0 Å². The maximum absolute atomic E-state index is 8.77. The van der Waals surface area contributed by atoms with Gasteiger partial charge in [0.2, 0.25) is 0 Å². The van der Waals surface area contributed by atoms with Gasteiger partial charge in [-0.05, 0) is 0 Å². The van der Waals surface area contributed by atoms with Crippen LogP contribution in [-0.2, 0) is 0 Å². The number of halogens is 2. The number of hydrogen-bond acceptors (Lipinski definition) is 2. The molecule has 1 aliphatic rings. The van der Waals surface area contributed by atoms with Gasteiger partial charge in [-0.3, -0.25) is 0 Å². The summed E-state index contributed by atoms with van der Waals surface area (Å²) in [7, 11) is 0. The monoisotopic (exact) mass is 243 g/mol. The molecule has 0 bridgehead atoms. The first-order valence-electron chi connectivity index (χ1n) is 1.89. The molecule has 0 fully saturated rings. The van der Waals surface area contributed by atoms with E-state index in [1.165, 1.54) is 6.08 Å². The average molecular weight is 243 g/mol.